The van der Waals surface area contributed by atoms with Crippen molar-refractivity contribution < 1.29 is 14.4 Å². The van der Waals surface area contributed by atoms with Gasteiger partial charge in [0.15, 0.2) is 0 Å². The standard InChI is InChI=1S/C16H23N3O3S/c1-11-15(23-10-17-11)9-18-7-13(12-3-6-21-14(12)8-18)16(20)19-4-2-5-22-19/h10,12-14H,2-9H2,1H3/t12-,13-,14+/m0/s1. The van der Waals surface area contributed by atoms with E-state index in [1.165, 1.54) is 4.88 Å². The molecule has 1 amide bonds. The van der Waals surface area contributed by atoms with Gasteiger partial charge in [0.1, 0.15) is 0 Å². The summed E-state index contributed by atoms with van der Waals surface area (Å²) in [6, 6.07) is 0. The number of aryl methyl sites for hydroxylation is 1. The number of aromatic nitrogens is 1. The third-order valence-electron chi connectivity index (χ3n) is 5.20. The monoisotopic (exact) mass is 337 g/mol. The van der Waals surface area contributed by atoms with Crippen molar-refractivity contribution in [1.82, 2.24) is 14.9 Å². The van der Waals surface area contributed by atoms with Crippen LogP contribution in [0, 0.1) is 18.8 Å². The largest absolute Gasteiger partial charge is 0.377 e. The Morgan fingerprint density at radius 2 is 2.35 bits per heavy atom. The van der Waals surface area contributed by atoms with Gasteiger partial charge in [0.25, 0.3) is 5.91 Å². The van der Waals surface area contributed by atoms with Crippen LogP contribution in [0.3, 0.4) is 0 Å². The molecule has 0 N–H and O–H groups in total. The van der Waals surface area contributed by atoms with Crippen molar-refractivity contribution in [2.24, 2.45) is 11.8 Å². The number of carbonyl (C=O) groups excluding carboxylic acids is 1. The van der Waals surface area contributed by atoms with Gasteiger partial charge in [-0.1, -0.05) is 0 Å². The van der Waals surface area contributed by atoms with Crippen LogP contribution in [0.4, 0.5) is 0 Å². The molecule has 0 radical (unpaired) electrons. The number of hydrogen-bond acceptors (Lipinski definition) is 6. The summed E-state index contributed by atoms with van der Waals surface area (Å²) in [6.07, 6.45) is 2.10. The van der Waals surface area contributed by atoms with Gasteiger partial charge in [0.05, 0.1) is 36.4 Å². The van der Waals surface area contributed by atoms with Gasteiger partial charge >= 0.3 is 0 Å². The van der Waals surface area contributed by atoms with E-state index in [-0.39, 0.29) is 17.9 Å². The van der Waals surface area contributed by atoms with E-state index in [9.17, 15) is 4.79 Å². The SMILES string of the molecule is Cc1ncsc1CN1C[C@H](C(=O)N2CCCO2)[C@@H]2CCO[C@@H]2C1. The number of ether oxygens (including phenoxy) is 1. The number of amides is 1. The lowest BCUT2D eigenvalue weighted by Gasteiger charge is -2.40. The van der Waals surface area contributed by atoms with Crippen LogP contribution in [0.2, 0.25) is 0 Å². The van der Waals surface area contributed by atoms with Crippen molar-refractivity contribution in [3.63, 3.8) is 0 Å². The average molecular weight is 337 g/mol. The Balaban J connectivity index is 1.50. The Labute approximate surface area is 140 Å². The first-order chi connectivity index (χ1) is 11.2. The van der Waals surface area contributed by atoms with Crippen molar-refractivity contribution >= 4 is 17.2 Å². The molecule has 3 fully saturated rings. The number of piperidine rings is 1. The highest BCUT2D eigenvalue weighted by atomic mass is 32.1. The van der Waals surface area contributed by atoms with Crippen LogP contribution in [0.15, 0.2) is 5.51 Å². The van der Waals surface area contributed by atoms with Gasteiger partial charge in [-0.2, -0.15) is 0 Å². The van der Waals surface area contributed by atoms with Gasteiger partial charge in [-0.3, -0.25) is 14.5 Å². The van der Waals surface area contributed by atoms with E-state index < -0.39 is 0 Å². The van der Waals surface area contributed by atoms with E-state index in [1.54, 1.807) is 16.4 Å². The molecule has 23 heavy (non-hydrogen) atoms. The van der Waals surface area contributed by atoms with Crippen molar-refractivity contribution in [1.29, 1.82) is 0 Å². The molecule has 1 aromatic rings. The summed E-state index contributed by atoms with van der Waals surface area (Å²) in [7, 11) is 0. The molecule has 4 heterocycles. The van der Waals surface area contributed by atoms with Gasteiger partial charge in [-0.05, 0) is 19.8 Å². The number of likely N-dealkylation sites (tertiary alicyclic amines) is 1. The molecule has 0 saturated carbocycles. The number of rotatable bonds is 3. The van der Waals surface area contributed by atoms with E-state index in [2.05, 4.69) is 9.88 Å². The van der Waals surface area contributed by atoms with Gasteiger partial charge in [0.2, 0.25) is 0 Å². The highest BCUT2D eigenvalue weighted by molar-refractivity contribution is 7.09. The van der Waals surface area contributed by atoms with Crippen LogP contribution < -0.4 is 0 Å². The number of hydroxylamine groups is 2. The highest BCUT2D eigenvalue weighted by Gasteiger charge is 2.45. The van der Waals surface area contributed by atoms with Crippen molar-refractivity contribution in [3.05, 3.63) is 16.1 Å². The second-order valence-corrected chi connectivity index (χ2v) is 7.59. The van der Waals surface area contributed by atoms with Gasteiger partial charge in [-0.25, -0.2) is 10.0 Å². The van der Waals surface area contributed by atoms with Crippen molar-refractivity contribution in [2.45, 2.75) is 32.4 Å². The first-order valence-corrected chi connectivity index (χ1v) is 9.27. The zero-order valence-corrected chi connectivity index (χ0v) is 14.3. The second-order valence-electron chi connectivity index (χ2n) is 6.65. The summed E-state index contributed by atoms with van der Waals surface area (Å²) in [5.74, 6) is 0.474. The highest BCUT2D eigenvalue weighted by Crippen LogP contribution is 2.36. The van der Waals surface area contributed by atoms with Crippen LogP contribution in [0.5, 0.6) is 0 Å². The second kappa shape index (κ2) is 6.47. The Hall–Kier alpha value is -1.02. The summed E-state index contributed by atoms with van der Waals surface area (Å²) in [5.41, 5.74) is 2.99. The number of fused-ring (bicyclic) bond motifs is 1. The first-order valence-electron chi connectivity index (χ1n) is 8.39. The van der Waals surface area contributed by atoms with Crippen LogP contribution in [-0.2, 0) is 20.9 Å². The van der Waals surface area contributed by atoms with Gasteiger partial charge in [0, 0.05) is 37.0 Å². The number of carbonyl (C=O) groups is 1. The van der Waals surface area contributed by atoms with Gasteiger partial charge < -0.3 is 4.74 Å². The zero-order chi connectivity index (χ0) is 15.8. The molecule has 126 valence electrons. The van der Waals surface area contributed by atoms with E-state index in [0.29, 0.717) is 12.5 Å². The third kappa shape index (κ3) is 3.03. The lowest BCUT2D eigenvalue weighted by molar-refractivity contribution is -0.179. The summed E-state index contributed by atoms with van der Waals surface area (Å²) in [5, 5.41) is 1.58. The molecule has 0 bridgehead atoms. The lowest BCUT2D eigenvalue weighted by atomic mass is 9.82. The summed E-state index contributed by atoms with van der Waals surface area (Å²) in [6.45, 7) is 6.76. The first kappa shape index (κ1) is 15.5. The molecular formula is C16H23N3O3S. The zero-order valence-electron chi connectivity index (χ0n) is 13.4. The molecule has 1 aromatic heterocycles. The van der Waals surface area contributed by atoms with Crippen molar-refractivity contribution in [2.75, 3.05) is 32.8 Å². The Kier molecular flexibility index (Phi) is 4.36. The van der Waals surface area contributed by atoms with Crippen LogP contribution in [0.1, 0.15) is 23.4 Å². The lowest BCUT2D eigenvalue weighted by Crippen LogP contribution is -2.52. The molecule has 7 heteroatoms. The summed E-state index contributed by atoms with van der Waals surface area (Å²) in [4.78, 5) is 26.3. The number of hydrogen-bond donors (Lipinski definition) is 0. The molecule has 0 spiro atoms. The molecular weight excluding hydrogens is 314 g/mol. The molecule has 6 nitrogen and oxygen atoms in total. The van der Waals surface area contributed by atoms with E-state index in [4.69, 9.17) is 9.57 Å². The number of thiazole rings is 1. The van der Waals surface area contributed by atoms with Crippen molar-refractivity contribution in [3.8, 4) is 0 Å². The molecule has 0 aliphatic carbocycles. The van der Waals surface area contributed by atoms with E-state index in [0.717, 1.165) is 51.3 Å². The molecule has 3 aliphatic rings. The molecule has 3 aliphatic heterocycles. The van der Waals surface area contributed by atoms with Crippen LogP contribution in [0.25, 0.3) is 0 Å². The molecule has 3 atom stereocenters. The Bertz CT molecular complexity index is 573. The van der Waals surface area contributed by atoms with E-state index >= 15 is 0 Å². The number of nitrogens with zero attached hydrogens (tertiary/aromatic N) is 3. The predicted octanol–water partition coefficient (Wildman–Crippen LogP) is 1.45. The van der Waals surface area contributed by atoms with Gasteiger partial charge in [-0.15, -0.1) is 11.3 Å². The predicted molar refractivity (Wildman–Crippen MR) is 85.7 cm³/mol. The smallest absolute Gasteiger partial charge is 0.250 e. The normalized spacial score (nSPS) is 31.5. The third-order valence-corrected chi connectivity index (χ3v) is 6.12. The van der Waals surface area contributed by atoms with Crippen LogP contribution in [-0.4, -0.2) is 59.8 Å². The minimum absolute atomic E-state index is 0.0115. The maximum Gasteiger partial charge on any atom is 0.250 e. The fourth-order valence-corrected chi connectivity index (χ4v) is 4.75. The maximum absolute atomic E-state index is 12.9. The minimum atomic E-state index is -0.0115. The average Bonchev–Trinajstić information content (AvgIpc) is 3.28. The fraction of sp³-hybridized carbons (Fsp3) is 0.750. The quantitative estimate of drug-likeness (QED) is 0.836. The molecule has 0 aromatic carbocycles. The van der Waals surface area contributed by atoms with Crippen LogP contribution >= 0.6 is 11.3 Å². The maximum atomic E-state index is 12.9. The topological polar surface area (TPSA) is 54.9 Å². The summed E-state index contributed by atoms with van der Waals surface area (Å²) >= 11 is 1.69. The van der Waals surface area contributed by atoms with E-state index in [1.807, 2.05) is 12.4 Å². The fourth-order valence-electron chi connectivity index (χ4n) is 3.93. The molecule has 3 saturated heterocycles. The summed E-state index contributed by atoms with van der Waals surface area (Å²) < 4.78 is 5.91. The molecule has 0 unspecified atom stereocenters. The molecule has 4 rings (SSSR count). The Morgan fingerprint density at radius 3 is 3.09 bits per heavy atom. The Morgan fingerprint density at radius 1 is 1.43 bits per heavy atom. The minimum Gasteiger partial charge on any atom is -0.377 e.